The number of halogens is 1. The topological polar surface area (TPSA) is 66.0 Å². The number of hydrogen-bond donors (Lipinski definition) is 1. The zero-order chi connectivity index (χ0) is 20.0. The SMILES string of the molecule is Cc1c2c(c(Cl)c3c1C(=O)NCC31CC1)OC(C)(C1CCC3(CC1)OCCO3)O2. The molecule has 7 heteroatoms. The smallest absolute Gasteiger partial charge is 0.252 e. The first-order valence-electron chi connectivity index (χ1n) is 10.7. The Bertz CT molecular complexity index is 911. The predicted molar refractivity (Wildman–Crippen MR) is 106 cm³/mol. The van der Waals surface area contributed by atoms with Crippen molar-refractivity contribution in [3.05, 3.63) is 21.7 Å². The van der Waals surface area contributed by atoms with Crippen molar-refractivity contribution in [2.24, 2.45) is 5.92 Å². The van der Waals surface area contributed by atoms with E-state index < -0.39 is 11.6 Å². The van der Waals surface area contributed by atoms with Gasteiger partial charge in [-0.3, -0.25) is 4.79 Å². The Hall–Kier alpha value is -1.50. The van der Waals surface area contributed by atoms with Crippen LogP contribution in [0, 0.1) is 12.8 Å². The molecule has 3 aliphatic heterocycles. The van der Waals surface area contributed by atoms with E-state index in [2.05, 4.69) is 5.32 Å². The fourth-order valence-electron chi connectivity index (χ4n) is 5.75. The van der Waals surface area contributed by atoms with E-state index in [-0.39, 0.29) is 17.2 Å². The molecule has 1 atom stereocenters. The number of nitrogens with one attached hydrogen (secondary N) is 1. The van der Waals surface area contributed by atoms with Gasteiger partial charge in [0.1, 0.15) is 0 Å². The van der Waals surface area contributed by atoms with Gasteiger partial charge in [0.2, 0.25) is 0 Å². The van der Waals surface area contributed by atoms with Gasteiger partial charge in [0.05, 0.1) is 23.8 Å². The fourth-order valence-corrected chi connectivity index (χ4v) is 6.17. The van der Waals surface area contributed by atoms with Crippen LogP contribution in [-0.2, 0) is 14.9 Å². The summed E-state index contributed by atoms with van der Waals surface area (Å²) in [6.45, 7) is 5.93. The number of benzene rings is 1. The number of ether oxygens (including phenoxy) is 4. The van der Waals surface area contributed by atoms with E-state index in [1.54, 1.807) is 0 Å². The number of rotatable bonds is 1. The fraction of sp³-hybridized carbons (Fsp3) is 0.682. The minimum absolute atomic E-state index is 0.0309. The quantitative estimate of drug-likeness (QED) is 0.749. The maximum Gasteiger partial charge on any atom is 0.252 e. The molecule has 1 amide bonds. The van der Waals surface area contributed by atoms with Crippen LogP contribution in [0.25, 0.3) is 0 Å². The second-order valence-corrected chi connectivity index (χ2v) is 9.79. The second-order valence-electron chi connectivity index (χ2n) is 9.41. The maximum absolute atomic E-state index is 12.7. The molecule has 2 saturated carbocycles. The van der Waals surface area contributed by atoms with Crippen molar-refractivity contribution in [1.29, 1.82) is 0 Å². The van der Waals surface area contributed by atoms with E-state index in [0.717, 1.165) is 49.7 Å². The van der Waals surface area contributed by atoms with E-state index in [1.165, 1.54) is 0 Å². The Morgan fingerprint density at radius 1 is 1.03 bits per heavy atom. The minimum Gasteiger partial charge on any atom is -0.448 e. The minimum atomic E-state index is -0.798. The number of hydrogen-bond acceptors (Lipinski definition) is 5. The summed E-state index contributed by atoms with van der Waals surface area (Å²) in [6.07, 6.45) is 5.55. The lowest BCUT2D eigenvalue weighted by Crippen LogP contribution is -2.48. The number of fused-ring (bicyclic) bond motifs is 3. The van der Waals surface area contributed by atoms with Crippen molar-refractivity contribution in [2.75, 3.05) is 19.8 Å². The molecule has 1 aromatic carbocycles. The van der Waals surface area contributed by atoms with Crippen LogP contribution < -0.4 is 14.8 Å². The molecule has 3 heterocycles. The third-order valence-electron chi connectivity index (χ3n) is 7.70. The lowest BCUT2D eigenvalue weighted by molar-refractivity contribution is -0.205. The predicted octanol–water partition coefficient (Wildman–Crippen LogP) is 3.84. The number of carbonyl (C=O) groups is 1. The van der Waals surface area contributed by atoms with Crippen LogP contribution >= 0.6 is 11.6 Å². The molecule has 5 aliphatic rings. The molecule has 0 bridgehead atoms. The van der Waals surface area contributed by atoms with Gasteiger partial charge in [-0.25, -0.2) is 0 Å². The maximum atomic E-state index is 12.7. The van der Waals surface area contributed by atoms with E-state index >= 15 is 0 Å². The summed E-state index contributed by atoms with van der Waals surface area (Å²) in [5, 5.41) is 3.60. The third kappa shape index (κ3) is 2.45. The molecule has 156 valence electrons. The van der Waals surface area contributed by atoms with Crippen molar-refractivity contribution in [3.8, 4) is 11.5 Å². The molecule has 0 radical (unpaired) electrons. The van der Waals surface area contributed by atoms with Crippen LogP contribution in [0.5, 0.6) is 11.5 Å². The van der Waals surface area contributed by atoms with Crippen molar-refractivity contribution < 1.29 is 23.7 Å². The Balaban J connectivity index is 1.34. The van der Waals surface area contributed by atoms with E-state index in [9.17, 15) is 4.79 Å². The Morgan fingerprint density at radius 2 is 1.69 bits per heavy atom. The summed E-state index contributed by atoms with van der Waals surface area (Å²) in [4.78, 5) is 12.7. The average molecular weight is 420 g/mol. The lowest BCUT2D eigenvalue weighted by Gasteiger charge is -2.40. The van der Waals surface area contributed by atoms with Crippen LogP contribution in [0.3, 0.4) is 0 Å². The first-order chi connectivity index (χ1) is 13.9. The highest BCUT2D eigenvalue weighted by molar-refractivity contribution is 6.34. The molecular weight excluding hydrogens is 394 g/mol. The van der Waals surface area contributed by atoms with Gasteiger partial charge in [0, 0.05) is 43.2 Å². The molecule has 6 rings (SSSR count). The molecule has 6 nitrogen and oxygen atoms in total. The van der Waals surface area contributed by atoms with Gasteiger partial charge in [-0.05, 0) is 38.2 Å². The standard InChI is InChI=1S/C22H26ClNO5/c1-12-14-15(21(7-8-21)11-24-19(14)25)16(23)18-17(12)28-20(2,29-18)13-3-5-22(6-4-13)26-9-10-27-22/h13H,3-11H2,1-2H3,(H,24,25). The molecule has 1 aromatic rings. The van der Waals surface area contributed by atoms with Gasteiger partial charge in [0.15, 0.2) is 17.3 Å². The Labute approximate surface area is 175 Å². The summed E-state index contributed by atoms with van der Waals surface area (Å²) in [7, 11) is 0. The molecule has 1 unspecified atom stereocenters. The third-order valence-corrected chi connectivity index (χ3v) is 8.06. The van der Waals surface area contributed by atoms with Crippen LogP contribution in [0.2, 0.25) is 5.02 Å². The highest BCUT2D eigenvalue weighted by Crippen LogP contribution is 2.60. The molecule has 2 spiro atoms. The molecule has 29 heavy (non-hydrogen) atoms. The van der Waals surface area contributed by atoms with Gasteiger partial charge in [0.25, 0.3) is 11.7 Å². The molecule has 1 saturated heterocycles. The van der Waals surface area contributed by atoms with Crippen molar-refractivity contribution >= 4 is 17.5 Å². The molecular formula is C22H26ClNO5. The first kappa shape index (κ1) is 18.3. The summed E-state index contributed by atoms with van der Waals surface area (Å²) in [5.41, 5.74) is 2.45. The van der Waals surface area contributed by atoms with Crippen LogP contribution in [0.1, 0.15) is 66.9 Å². The van der Waals surface area contributed by atoms with E-state index in [4.69, 9.17) is 30.5 Å². The number of carbonyl (C=O) groups excluding carboxylic acids is 1. The van der Waals surface area contributed by atoms with Gasteiger partial charge in [-0.1, -0.05) is 11.6 Å². The first-order valence-corrected chi connectivity index (χ1v) is 11.0. The van der Waals surface area contributed by atoms with Gasteiger partial charge < -0.3 is 24.3 Å². The Kier molecular flexibility index (Phi) is 3.66. The highest BCUT2D eigenvalue weighted by atomic mass is 35.5. The van der Waals surface area contributed by atoms with Crippen LogP contribution in [0.15, 0.2) is 0 Å². The summed E-state index contributed by atoms with van der Waals surface area (Å²) in [5.74, 6) is 0.157. The summed E-state index contributed by atoms with van der Waals surface area (Å²) < 4.78 is 24.6. The van der Waals surface area contributed by atoms with E-state index in [1.807, 2.05) is 13.8 Å². The Morgan fingerprint density at radius 3 is 2.34 bits per heavy atom. The van der Waals surface area contributed by atoms with Crippen molar-refractivity contribution in [2.45, 2.75) is 69.4 Å². The highest BCUT2D eigenvalue weighted by Gasteiger charge is 2.55. The average Bonchev–Trinajstić information content (AvgIpc) is 3.16. The zero-order valence-corrected chi connectivity index (χ0v) is 17.6. The van der Waals surface area contributed by atoms with E-state index in [0.29, 0.717) is 41.8 Å². The van der Waals surface area contributed by atoms with Gasteiger partial charge in [-0.2, -0.15) is 0 Å². The van der Waals surface area contributed by atoms with Crippen molar-refractivity contribution in [1.82, 2.24) is 5.32 Å². The molecule has 2 aliphatic carbocycles. The monoisotopic (exact) mass is 419 g/mol. The second kappa shape index (κ2) is 5.80. The van der Waals surface area contributed by atoms with Crippen LogP contribution in [0.4, 0.5) is 0 Å². The molecule has 1 N–H and O–H groups in total. The van der Waals surface area contributed by atoms with Gasteiger partial charge >= 0.3 is 0 Å². The van der Waals surface area contributed by atoms with Gasteiger partial charge in [-0.15, -0.1) is 0 Å². The van der Waals surface area contributed by atoms with Crippen molar-refractivity contribution in [3.63, 3.8) is 0 Å². The normalized spacial score (nSPS) is 31.2. The zero-order valence-electron chi connectivity index (χ0n) is 16.9. The van der Waals surface area contributed by atoms with Crippen LogP contribution in [-0.4, -0.2) is 37.2 Å². The molecule has 3 fully saturated rings. The summed E-state index contributed by atoms with van der Waals surface area (Å²) >= 11 is 6.87. The lowest BCUT2D eigenvalue weighted by atomic mass is 9.80. The largest absolute Gasteiger partial charge is 0.448 e. The number of amides is 1. The molecule has 0 aromatic heterocycles. The summed E-state index contributed by atoms with van der Waals surface area (Å²) in [6, 6.07) is 0.